The van der Waals surface area contributed by atoms with E-state index < -0.39 is 8.07 Å². The highest BCUT2D eigenvalue weighted by molar-refractivity contribution is 7.01. The van der Waals surface area contributed by atoms with Crippen molar-refractivity contribution in [3.8, 4) is 11.3 Å². The lowest BCUT2D eigenvalue weighted by Crippen LogP contribution is -2.62. The minimum Gasteiger partial charge on any atom is -0.252 e. The maximum atomic E-state index is 4.36. The van der Waals surface area contributed by atoms with E-state index in [1.54, 1.807) is 10.4 Å². The van der Waals surface area contributed by atoms with E-state index in [4.69, 9.17) is 0 Å². The average Bonchev–Trinajstić information content (AvgIpc) is 2.61. The monoisotopic (exact) mass is 359 g/mol. The molecule has 1 aliphatic heterocycles. The Labute approximate surface area is 157 Å². The summed E-state index contributed by atoms with van der Waals surface area (Å²) in [4.78, 5) is 4.36. The molecule has 1 aliphatic rings. The van der Waals surface area contributed by atoms with Crippen molar-refractivity contribution in [3.63, 3.8) is 0 Å². The van der Waals surface area contributed by atoms with Crippen LogP contribution in [-0.4, -0.2) is 13.1 Å². The van der Waals surface area contributed by atoms with Gasteiger partial charge in [-0.2, -0.15) is 4.57 Å². The number of hydrogen-bond donors (Lipinski definition) is 0. The lowest BCUT2D eigenvalue weighted by molar-refractivity contribution is -0.660. The molecule has 2 aromatic carbocycles. The second kappa shape index (κ2) is 5.62. The Kier molecular flexibility index (Phi) is 3.71. The third-order valence-electron chi connectivity index (χ3n) is 6.21. The molecule has 0 fully saturated rings. The number of fused-ring (bicyclic) bond motifs is 2. The first-order valence-electron chi connectivity index (χ1n) is 9.30. The van der Waals surface area contributed by atoms with Crippen LogP contribution in [0, 0.1) is 6.92 Å². The van der Waals surface area contributed by atoms with Crippen LogP contribution in [0.2, 0.25) is 13.1 Å². The van der Waals surface area contributed by atoms with Crippen LogP contribution in [0.3, 0.4) is 0 Å². The quantitative estimate of drug-likeness (QED) is 0.481. The zero-order chi connectivity index (χ0) is 18.7. The molecule has 0 amide bonds. The Morgan fingerprint density at radius 2 is 1.73 bits per heavy atom. The van der Waals surface area contributed by atoms with Crippen molar-refractivity contribution < 1.29 is 4.57 Å². The zero-order valence-electron chi connectivity index (χ0n) is 16.6. The molecule has 132 valence electrons. The first-order valence-corrected chi connectivity index (χ1v) is 12.3. The van der Waals surface area contributed by atoms with Gasteiger partial charge >= 0.3 is 0 Å². The van der Waals surface area contributed by atoms with Crippen LogP contribution >= 0.6 is 0 Å². The van der Waals surface area contributed by atoms with E-state index in [2.05, 4.69) is 86.9 Å². The fourth-order valence-electron chi connectivity index (χ4n) is 4.56. The van der Waals surface area contributed by atoms with Crippen molar-refractivity contribution in [3.05, 3.63) is 71.7 Å². The minimum atomic E-state index is -1.71. The second-order valence-electron chi connectivity index (χ2n) is 8.58. The molecule has 0 spiro atoms. The van der Waals surface area contributed by atoms with Crippen LogP contribution < -0.4 is 14.9 Å². The standard InChI is InChI=1S/C23H27N2Si/c1-16-13-22-19(14-17(16)20-15-24-11-12-25(20)4)23(2,3)18-9-7-8-10-21(18)26(22,5)6/h7-15H,1-6H3/q+1. The molecule has 0 aliphatic carbocycles. The van der Waals surface area contributed by atoms with Gasteiger partial charge in [-0.1, -0.05) is 67.6 Å². The predicted octanol–water partition coefficient (Wildman–Crippen LogP) is 3.34. The normalized spacial score (nSPS) is 16.7. The largest absolute Gasteiger partial charge is 0.252 e. The summed E-state index contributed by atoms with van der Waals surface area (Å²) in [6.07, 6.45) is 5.84. The first-order chi connectivity index (χ1) is 12.2. The van der Waals surface area contributed by atoms with E-state index in [-0.39, 0.29) is 5.41 Å². The summed E-state index contributed by atoms with van der Waals surface area (Å²) >= 11 is 0. The molecule has 3 heteroatoms. The van der Waals surface area contributed by atoms with Gasteiger partial charge in [0.25, 0.3) is 0 Å². The van der Waals surface area contributed by atoms with Crippen LogP contribution in [0.15, 0.2) is 55.0 Å². The molecule has 0 radical (unpaired) electrons. The fraction of sp³-hybridized carbons (Fsp3) is 0.304. The van der Waals surface area contributed by atoms with Gasteiger partial charge in [-0.05, 0) is 29.7 Å². The summed E-state index contributed by atoms with van der Waals surface area (Å²) in [5.74, 6) is 0. The summed E-state index contributed by atoms with van der Waals surface area (Å²) in [7, 11) is 0.380. The van der Waals surface area contributed by atoms with E-state index in [0.717, 1.165) is 0 Å². The number of benzene rings is 2. The van der Waals surface area contributed by atoms with Crippen molar-refractivity contribution in [2.45, 2.75) is 39.3 Å². The predicted molar refractivity (Wildman–Crippen MR) is 111 cm³/mol. The Bertz CT molecular complexity index is 1020. The molecule has 0 saturated carbocycles. The smallest absolute Gasteiger partial charge is 0.231 e. The molecule has 0 N–H and O–H groups in total. The summed E-state index contributed by atoms with van der Waals surface area (Å²) in [6, 6.07) is 14.0. The molecule has 26 heavy (non-hydrogen) atoms. The van der Waals surface area contributed by atoms with Gasteiger partial charge in [-0.3, -0.25) is 4.98 Å². The maximum absolute atomic E-state index is 4.36. The number of rotatable bonds is 1. The molecule has 0 saturated heterocycles. The molecule has 0 unspecified atom stereocenters. The lowest BCUT2D eigenvalue weighted by atomic mass is 9.76. The van der Waals surface area contributed by atoms with Gasteiger partial charge in [0.2, 0.25) is 5.69 Å². The van der Waals surface area contributed by atoms with Gasteiger partial charge in [0, 0.05) is 5.41 Å². The van der Waals surface area contributed by atoms with E-state index >= 15 is 0 Å². The first kappa shape index (κ1) is 17.2. The molecule has 0 atom stereocenters. The third-order valence-corrected chi connectivity index (χ3v) is 9.76. The average molecular weight is 360 g/mol. The van der Waals surface area contributed by atoms with E-state index in [9.17, 15) is 0 Å². The van der Waals surface area contributed by atoms with Crippen molar-refractivity contribution >= 4 is 18.4 Å². The van der Waals surface area contributed by atoms with Crippen LogP contribution in [-0.2, 0) is 12.5 Å². The van der Waals surface area contributed by atoms with E-state index in [1.165, 1.54) is 27.9 Å². The molecule has 2 heterocycles. The van der Waals surface area contributed by atoms with Crippen molar-refractivity contribution in [2.75, 3.05) is 0 Å². The van der Waals surface area contributed by atoms with Gasteiger partial charge in [0.1, 0.15) is 15.1 Å². The highest BCUT2D eigenvalue weighted by Crippen LogP contribution is 2.37. The highest BCUT2D eigenvalue weighted by Gasteiger charge is 2.43. The van der Waals surface area contributed by atoms with Gasteiger partial charge in [-0.25, -0.2) is 0 Å². The molecule has 1 aromatic heterocycles. The van der Waals surface area contributed by atoms with Crippen LogP contribution in [0.4, 0.5) is 0 Å². The van der Waals surface area contributed by atoms with Crippen molar-refractivity contribution in [1.29, 1.82) is 0 Å². The molecule has 0 bridgehead atoms. The Balaban J connectivity index is 2.04. The topological polar surface area (TPSA) is 16.8 Å². The SMILES string of the molecule is Cc1cc2c(cc1-c1cncc[n+]1C)C(C)(C)c1ccccc1[Si]2(C)C. The van der Waals surface area contributed by atoms with E-state index in [1.807, 2.05) is 18.6 Å². The molecule has 4 rings (SSSR count). The van der Waals surface area contributed by atoms with E-state index in [0.29, 0.717) is 0 Å². The van der Waals surface area contributed by atoms with Crippen LogP contribution in [0.1, 0.15) is 30.5 Å². The Morgan fingerprint density at radius 1 is 1.00 bits per heavy atom. The van der Waals surface area contributed by atoms with Gasteiger partial charge < -0.3 is 0 Å². The molecular weight excluding hydrogens is 332 g/mol. The maximum Gasteiger partial charge on any atom is 0.231 e. The molecule has 3 aromatic rings. The minimum absolute atomic E-state index is 0.0116. The van der Waals surface area contributed by atoms with Gasteiger partial charge in [0.15, 0.2) is 6.20 Å². The summed E-state index contributed by atoms with van der Waals surface area (Å²) in [6.45, 7) is 12.0. The van der Waals surface area contributed by atoms with Crippen molar-refractivity contribution in [2.24, 2.45) is 7.05 Å². The van der Waals surface area contributed by atoms with Crippen molar-refractivity contribution in [1.82, 2.24) is 4.98 Å². The van der Waals surface area contributed by atoms with Crippen LogP contribution in [0.25, 0.3) is 11.3 Å². The number of aryl methyl sites for hydroxylation is 2. The fourth-order valence-corrected chi connectivity index (χ4v) is 8.07. The molecular formula is C23H27N2Si+. The number of aromatic nitrogens is 2. The number of hydrogen-bond acceptors (Lipinski definition) is 1. The number of nitrogens with zero attached hydrogens (tertiary/aromatic N) is 2. The van der Waals surface area contributed by atoms with Gasteiger partial charge in [0.05, 0.1) is 18.0 Å². The summed E-state index contributed by atoms with van der Waals surface area (Å²) in [5.41, 5.74) is 6.78. The van der Waals surface area contributed by atoms with Gasteiger partial charge in [-0.15, -0.1) is 0 Å². The third kappa shape index (κ3) is 2.30. The Hall–Kier alpha value is -2.26. The zero-order valence-corrected chi connectivity index (χ0v) is 17.6. The molecule has 2 nitrogen and oxygen atoms in total. The summed E-state index contributed by atoms with van der Waals surface area (Å²) in [5, 5.41) is 3.16. The lowest BCUT2D eigenvalue weighted by Gasteiger charge is -2.43. The highest BCUT2D eigenvalue weighted by atomic mass is 28.3. The summed E-state index contributed by atoms with van der Waals surface area (Å²) < 4.78 is 2.16. The second-order valence-corrected chi connectivity index (χ2v) is 12.9. The Morgan fingerprint density at radius 3 is 2.46 bits per heavy atom. The van der Waals surface area contributed by atoms with Crippen LogP contribution in [0.5, 0.6) is 0 Å².